The molecule has 1 fully saturated rings. The van der Waals surface area contributed by atoms with Crippen molar-refractivity contribution in [2.75, 3.05) is 46.4 Å². The standard InChI is InChI=1S/C21H35N5O2.HI/c1-17(2)13-19(26-9-11-28-12-10-26)15-24-21(22-3)25-16-20(27)23-14-18-7-5-4-6-8-18;/h4-8,17,19H,9-16H2,1-3H3,(H,23,27)(H2,22,24,25);1H. The SMILES string of the molecule is CN=C(NCC(=O)NCc1ccccc1)NCC(CC(C)C)N1CCOCC1.I. The number of carbonyl (C=O) groups is 1. The number of hydrogen-bond donors (Lipinski definition) is 3. The van der Waals surface area contributed by atoms with E-state index in [2.05, 4.69) is 39.7 Å². The smallest absolute Gasteiger partial charge is 0.239 e. The van der Waals surface area contributed by atoms with Gasteiger partial charge in [-0.15, -0.1) is 24.0 Å². The maximum Gasteiger partial charge on any atom is 0.239 e. The van der Waals surface area contributed by atoms with Crippen LogP contribution in [-0.4, -0.2) is 69.2 Å². The monoisotopic (exact) mass is 517 g/mol. The summed E-state index contributed by atoms with van der Waals surface area (Å²) >= 11 is 0. The van der Waals surface area contributed by atoms with Crippen LogP contribution >= 0.6 is 24.0 Å². The first kappa shape index (κ1) is 25.6. The van der Waals surface area contributed by atoms with E-state index in [0.717, 1.165) is 44.8 Å². The number of halogens is 1. The highest BCUT2D eigenvalue weighted by Gasteiger charge is 2.22. The maximum absolute atomic E-state index is 12.1. The summed E-state index contributed by atoms with van der Waals surface area (Å²) in [5, 5.41) is 9.39. The third-order valence-corrected chi connectivity index (χ3v) is 4.78. The second-order valence-corrected chi connectivity index (χ2v) is 7.50. The van der Waals surface area contributed by atoms with Gasteiger partial charge in [-0.3, -0.25) is 14.7 Å². The van der Waals surface area contributed by atoms with Crippen molar-refractivity contribution in [2.45, 2.75) is 32.9 Å². The molecule has 7 nitrogen and oxygen atoms in total. The van der Waals surface area contributed by atoms with Crippen LogP contribution in [0.5, 0.6) is 0 Å². The lowest BCUT2D eigenvalue weighted by molar-refractivity contribution is -0.120. The molecule has 1 unspecified atom stereocenters. The molecule has 0 aromatic heterocycles. The van der Waals surface area contributed by atoms with E-state index in [1.165, 1.54) is 0 Å². The molecule has 1 saturated heterocycles. The van der Waals surface area contributed by atoms with Crippen LogP contribution in [0, 0.1) is 5.92 Å². The lowest BCUT2D eigenvalue weighted by Gasteiger charge is -2.35. The summed E-state index contributed by atoms with van der Waals surface area (Å²) in [6.45, 7) is 9.53. The van der Waals surface area contributed by atoms with Gasteiger partial charge in [0.05, 0.1) is 19.8 Å². The number of aliphatic imine (C=N–C) groups is 1. The predicted octanol–water partition coefficient (Wildman–Crippen LogP) is 1.83. The van der Waals surface area contributed by atoms with E-state index in [1.54, 1.807) is 7.05 Å². The molecule has 1 aromatic carbocycles. The first-order valence-electron chi connectivity index (χ1n) is 10.2. The third kappa shape index (κ3) is 10.3. The van der Waals surface area contributed by atoms with Crippen LogP contribution in [0.1, 0.15) is 25.8 Å². The Morgan fingerprint density at radius 2 is 1.83 bits per heavy atom. The molecule has 0 aliphatic carbocycles. The second-order valence-electron chi connectivity index (χ2n) is 7.50. The third-order valence-electron chi connectivity index (χ3n) is 4.78. The van der Waals surface area contributed by atoms with Gasteiger partial charge < -0.3 is 20.7 Å². The minimum absolute atomic E-state index is 0. The molecule has 3 N–H and O–H groups in total. The fourth-order valence-electron chi connectivity index (χ4n) is 3.31. The van der Waals surface area contributed by atoms with E-state index in [4.69, 9.17) is 4.74 Å². The fourth-order valence-corrected chi connectivity index (χ4v) is 3.31. The van der Waals surface area contributed by atoms with Gasteiger partial charge in [-0.1, -0.05) is 44.2 Å². The summed E-state index contributed by atoms with van der Waals surface area (Å²) in [6.07, 6.45) is 1.11. The number of carbonyl (C=O) groups excluding carboxylic acids is 1. The molecule has 1 aliphatic heterocycles. The summed E-state index contributed by atoms with van der Waals surface area (Å²) < 4.78 is 5.48. The van der Waals surface area contributed by atoms with Crippen molar-refractivity contribution in [1.82, 2.24) is 20.9 Å². The summed E-state index contributed by atoms with van der Waals surface area (Å²) in [7, 11) is 1.73. The van der Waals surface area contributed by atoms with Crippen LogP contribution in [0.4, 0.5) is 0 Å². The summed E-state index contributed by atoms with van der Waals surface area (Å²) in [4.78, 5) is 18.8. The summed E-state index contributed by atoms with van der Waals surface area (Å²) in [5.74, 6) is 1.21. The number of ether oxygens (including phenoxy) is 1. The van der Waals surface area contributed by atoms with Crippen molar-refractivity contribution in [3.8, 4) is 0 Å². The second kappa shape index (κ2) is 14.6. The maximum atomic E-state index is 12.1. The number of benzene rings is 1. The zero-order valence-electron chi connectivity index (χ0n) is 17.8. The van der Waals surface area contributed by atoms with Crippen LogP contribution in [0.2, 0.25) is 0 Å². The van der Waals surface area contributed by atoms with Crippen molar-refractivity contribution in [3.63, 3.8) is 0 Å². The van der Waals surface area contributed by atoms with Gasteiger partial charge in [0.1, 0.15) is 0 Å². The van der Waals surface area contributed by atoms with E-state index in [-0.39, 0.29) is 36.4 Å². The molecule has 1 atom stereocenters. The molecule has 0 bridgehead atoms. The van der Waals surface area contributed by atoms with Crippen LogP contribution in [-0.2, 0) is 16.1 Å². The zero-order chi connectivity index (χ0) is 20.2. The van der Waals surface area contributed by atoms with Gasteiger partial charge in [0.25, 0.3) is 0 Å². The Kier molecular flexibility index (Phi) is 12.9. The average Bonchev–Trinajstić information content (AvgIpc) is 2.72. The summed E-state index contributed by atoms with van der Waals surface area (Å²) in [6, 6.07) is 10.3. The minimum atomic E-state index is -0.0567. The highest BCUT2D eigenvalue weighted by molar-refractivity contribution is 14.0. The lowest BCUT2D eigenvalue weighted by atomic mass is 10.0. The van der Waals surface area contributed by atoms with Crippen molar-refractivity contribution < 1.29 is 9.53 Å². The lowest BCUT2D eigenvalue weighted by Crippen LogP contribution is -2.51. The van der Waals surface area contributed by atoms with E-state index in [9.17, 15) is 4.79 Å². The van der Waals surface area contributed by atoms with Gasteiger partial charge in [0.15, 0.2) is 5.96 Å². The largest absolute Gasteiger partial charge is 0.379 e. The molecule has 1 heterocycles. The number of guanidine groups is 1. The Labute approximate surface area is 192 Å². The van der Waals surface area contributed by atoms with Gasteiger partial charge in [-0.05, 0) is 17.9 Å². The first-order valence-corrected chi connectivity index (χ1v) is 10.2. The first-order chi connectivity index (χ1) is 13.6. The van der Waals surface area contributed by atoms with E-state index < -0.39 is 0 Å². The Balaban J connectivity index is 0.00000420. The number of hydrogen-bond acceptors (Lipinski definition) is 4. The van der Waals surface area contributed by atoms with Gasteiger partial charge in [0.2, 0.25) is 5.91 Å². The highest BCUT2D eigenvalue weighted by atomic mass is 127. The minimum Gasteiger partial charge on any atom is -0.379 e. The average molecular weight is 517 g/mol. The molecule has 0 spiro atoms. The van der Waals surface area contributed by atoms with Crippen molar-refractivity contribution in [2.24, 2.45) is 10.9 Å². The van der Waals surface area contributed by atoms with Crippen LogP contribution < -0.4 is 16.0 Å². The topological polar surface area (TPSA) is 78.0 Å². The van der Waals surface area contributed by atoms with Crippen molar-refractivity contribution in [1.29, 1.82) is 0 Å². The molecule has 8 heteroatoms. The Morgan fingerprint density at radius 3 is 2.45 bits per heavy atom. The van der Waals surface area contributed by atoms with Crippen molar-refractivity contribution in [3.05, 3.63) is 35.9 Å². The number of amides is 1. The van der Waals surface area contributed by atoms with Gasteiger partial charge in [0, 0.05) is 39.3 Å². The zero-order valence-corrected chi connectivity index (χ0v) is 20.1. The highest BCUT2D eigenvalue weighted by Crippen LogP contribution is 2.12. The van der Waals surface area contributed by atoms with Crippen LogP contribution in [0.25, 0.3) is 0 Å². The fraction of sp³-hybridized carbons (Fsp3) is 0.619. The molecule has 2 rings (SSSR count). The molecular weight excluding hydrogens is 481 g/mol. The number of nitrogens with zero attached hydrogens (tertiary/aromatic N) is 2. The quantitative estimate of drug-likeness (QED) is 0.265. The predicted molar refractivity (Wildman–Crippen MR) is 129 cm³/mol. The molecule has 29 heavy (non-hydrogen) atoms. The van der Waals surface area contributed by atoms with Gasteiger partial charge >= 0.3 is 0 Å². The van der Waals surface area contributed by atoms with E-state index >= 15 is 0 Å². The number of nitrogens with one attached hydrogen (secondary N) is 3. The molecule has 164 valence electrons. The van der Waals surface area contributed by atoms with E-state index in [1.807, 2.05) is 30.3 Å². The molecule has 1 aliphatic rings. The van der Waals surface area contributed by atoms with Crippen LogP contribution in [0.3, 0.4) is 0 Å². The summed E-state index contributed by atoms with van der Waals surface area (Å²) in [5.41, 5.74) is 1.08. The van der Waals surface area contributed by atoms with Gasteiger partial charge in [-0.25, -0.2) is 0 Å². The molecule has 1 amide bonds. The normalized spacial score (nSPS) is 16.1. The molecule has 1 aromatic rings. The molecular formula is C21H36IN5O2. The Bertz CT molecular complexity index is 606. The van der Waals surface area contributed by atoms with Gasteiger partial charge in [-0.2, -0.15) is 0 Å². The molecule has 0 radical (unpaired) electrons. The van der Waals surface area contributed by atoms with Crippen molar-refractivity contribution >= 4 is 35.8 Å². The van der Waals surface area contributed by atoms with E-state index in [0.29, 0.717) is 24.5 Å². The number of rotatable bonds is 9. The molecule has 0 saturated carbocycles. The van der Waals surface area contributed by atoms with Crippen LogP contribution in [0.15, 0.2) is 35.3 Å². The number of morpholine rings is 1. The Hall–Kier alpha value is -1.39. The Morgan fingerprint density at radius 1 is 1.14 bits per heavy atom.